The van der Waals surface area contributed by atoms with Crippen LogP contribution in [0.4, 0.5) is 0 Å². The fourth-order valence-corrected chi connectivity index (χ4v) is 5.57. The Bertz CT molecular complexity index is 1160. The molecule has 0 amide bonds. The van der Waals surface area contributed by atoms with E-state index in [1.165, 1.54) is 43.4 Å². The average Bonchev–Trinajstić information content (AvgIpc) is 3.14. The highest BCUT2D eigenvalue weighted by Crippen LogP contribution is 2.39. The van der Waals surface area contributed by atoms with E-state index in [9.17, 15) is 14.4 Å². The molecule has 0 N–H and O–H groups in total. The summed E-state index contributed by atoms with van der Waals surface area (Å²) in [6.45, 7) is 5.65. The van der Waals surface area contributed by atoms with Gasteiger partial charge in [-0.05, 0) is 75.6 Å². The van der Waals surface area contributed by atoms with Crippen LogP contribution in [0.25, 0.3) is 11.0 Å². The van der Waals surface area contributed by atoms with Gasteiger partial charge in [0.15, 0.2) is 17.1 Å². The van der Waals surface area contributed by atoms with Gasteiger partial charge in [0.25, 0.3) is 5.56 Å². The van der Waals surface area contributed by atoms with Gasteiger partial charge in [-0.3, -0.25) is 4.79 Å². The predicted molar refractivity (Wildman–Crippen MR) is 126 cm³/mol. The van der Waals surface area contributed by atoms with Crippen molar-refractivity contribution < 1.29 is 23.6 Å². The molecule has 8 nitrogen and oxygen atoms in total. The molecular weight excluding hydrogens is 436 g/mol. The second-order valence-electron chi connectivity index (χ2n) is 9.94. The number of carbonyl (C=O) groups is 2. The minimum Gasteiger partial charge on any atom is -0.419 e. The van der Waals surface area contributed by atoms with Crippen molar-refractivity contribution >= 4 is 22.9 Å². The number of hydrogen-bond donors (Lipinski definition) is 0. The molecule has 0 radical (unpaired) electrons. The van der Waals surface area contributed by atoms with Crippen LogP contribution in [0.3, 0.4) is 0 Å². The number of piperidine rings is 1. The van der Waals surface area contributed by atoms with Crippen LogP contribution in [0.5, 0.6) is 11.5 Å². The van der Waals surface area contributed by atoms with E-state index < -0.39 is 11.9 Å². The third-order valence-electron chi connectivity index (χ3n) is 7.48. The van der Waals surface area contributed by atoms with Crippen molar-refractivity contribution in [2.24, 2.45) is 11.8 Å². The first-order valence-corrected chi connectivity index (χ1v) is 12.5. The monoisotopic (exact) mass is 468 g/mol. The van der Waals surface area contributed by atoms with E-state index in [4.69, 9.17) is 14.0 Å². The predicted octanol–water partition coefficient (Wildman–Crippen LogP) is 3.97. The zero-order chi connectivity index (χ0) is 23.7. The van der Waals surface area contributed by atoms with E-state index >= 15 is 0 Å². The largest absolute Gasteiger partial charge is 0.419 e. The fourth-order valence-electron chi connectivity index (χ4n) is 5.57. The zero-order valence-electron chi connectivity index (χ0n) is 19.7. The SMILES string of the molecule is Cc1cc2on(CCC3CCN(CC4CCCCC4)CC3)c(=O)c2c2c1OC(=O)/C=C/C(=O)O2. The summed E-state index contributed by atoms with van der Waals surface area (Å²) in [7, 11) is 0. The number of fused-ring (bicyclic) bond motifs is 3. The average molecular weight is 469 g/mol. The number of nitrogens with zero attached hydrogens (tertiary/aromatic N) is 2. The zero-order valence-corrected chi connectivity index (χ0v) is 19.7. The van der Waals surface area contributed by atoms with Gasteiger partial charge in [0.2, 0.25) is 0 Å². The van der Waals surface area contributed by atoms with Crippen LogP contribution >= 0.6 is 0 Å². The molecule has 0 spiro atoms. The summed E-state index contributed by atoms with van der Waals surface area (Å²) in [4.78, 5) is 39.7. The summed E-state index contributed by atoms with van der Waals surface area (Å²) in [6, 6.07) is 1.64. The second kappa shape index (κ2) is 9.78. The number of aromatic nitrogens is 1. The molecule has 5 rings (SSSR count). The smallest absolute Gasteiger partial charge is 0.336 e. The lowest BCUT2D eigenvalue weighted by atomic mass is 9.87. The molecule has 2 aliphatic heterocycles. The molecule has 0 atom stereocenters. The number of ether oxygens (including phenoxy) is 2. The van der Waals surface area contributed by atoms with E-state index in [1.807, 2.05) is 0 Å². The molecule has 1 aromatic carbocycles. The van der Waals surface area contributed by atoms with Gasteiger partial charge >= 0.3 is 11.9 Å². The summed E-state index contributed by atoms with van der Waals surface area (Å²) in [5.41, 5.74) is 0.483. The molecule has 34 heavy (non-hydrogen) atoms. The normalized spacial score (nSPS) is 21.6. The Kier molecular flexibility index (Phi) is 6.59. The Labute approximate surface area is 198 Å². The van der Waals surface area contributed by atoms with E-state index in [-0.39, 0.29) is 22.4 Å². The van der Waals surface area contributed by atoms with Crippen LogP contribution in [0.1, 0.15) is 56.9 Å². The van der Waals surface area contributed by atoms with Crippen molar-refractivity contribution in [1.29, 1.82) is 0 Å². The highest BCUT2D eigenvalue weighted by atomic mass is 16.6. The molecule has 182 valence electrons. The summed E-state index contributed by atoms with van der Waals surface area (Å²) in [5.74, 6) is 0.00270. The van der Waals surface area contributed by atoms with Gasteiger partial charge in [-0.25, -0.2) is 9.59 Å². The number of benzene rings is 1. The number of hydrogen-bond acceptors (Lipinski definition) is 7. The first kappa shape index (κ1) is 22.9. The summed E-state index contributed by atoms with van der Waals surface area (Å²) < 4.78 is 17.8. The second-order valence-corrected chi connectivity index (χ2v) is 9.94. The van der Waals surface area contributed by atoms with E-state index in [1.54, 1.807) is 13.0 Å². The van der Waals surface area contributed by atoms with Crippen LogP contribution in [0, 0.1) is 18.8 Å². The molecule has 1 saturated heterocycles. The standard InChI is InChI=1S/C26H32N2O6/c1-17-15-20-23(25-24(17)32-21(29)7-8-22(30)33-25)26(31)28(34-20)14-11-18-9-12-27(13-10-18)16-19-5-3-2-4-6-19/h7-8,15,18-19H,2-6,9-14,16H2,1H3/b8-7+. The number of esters is 2. The Morgan fingerprint density at radius 1 is 0.882 bits per heavy atom. The maximum atomic E-state index is 13.2. The van der Waals surface area contributed by atoms with Crippen molar-refractivity contribution in [3.05, 3.63) is 34.1 Å². The fraction of sp³-hybridized carbons (Fsp3) is 0.577. The number of aryl methyl sites for hydroxylation is 2. The maximum Gasteiger partial charge on any atom is 0.336 e. The van der Waals surface area contributed by atoms with Gasteiger partial charge < -0.3 is 18.9 Å². The van der Waals surface area contributed by atoms with Crippen LogP contribution in [-0.2, 0) is 16.1 Å². The first-order valence-electron chi connectivity index (χ1n) is 12.5. The topological polar surface area (TPSA) is 91.0 Å². The van der Waals surface area contributed by atoms with Crippen molar-refractivity contribution in [3.8, 4) is 11.5 Å². The number of likely N-dealkylation sites (tertiary alicyclic amines) is 1. The molecule has 3 aliphatic rings. The van der Waals surface area contributed by atoms with Crippen LogP contribution in [0.15, 0.2) is 27.5 Å². The molecule has 2 aromatic rings. The van der Waals surface area contributed by atoms with Gasteiger partial charge in [0.05, 0.1) is 6.54 Å². The van der Waals surface area contributed by atoms with Gasteiger partial charge in [0, 0.05) is 18.7 Å². The van der Waals surface area contributed by atoms with Gasteiger partial charge in [-0.15, -0.1) is 0 Å². The van der Waals surface area contributed by atoms with Gasteiger partial charge in [-0.1, -0.05) is 19.3 Å². The van der Waals surface area contributed by atoms with Crippen LogP contribution in [-0.4, -0.2) is 41.2 Å². The molecular formula is C26H32N2O6. The lowest BCUT2D eigenvalue weighted by Gasteiger charge is -2.35. The number of carbonyl (C=O) groups excluding carboxylic acids is 2. The molecule has 3 heterocycles. The van der Waals surface area contributed by atoms with E-state index in [2.05, 4.69) is 4.90 Å². The van der Waals surface area contributed by atoms with E-state index in [0.717, 1.165) is 50.4 Å². The minimum atomic E-state index is -0.739. The quantitative estimate of drug-likeness (QED) is 0.484. The summed E-state index contributed by atoms with van der Waals surface area (Å²) in [6.07, 6.45) is 12.0. The molecule has 1 saturated carbocycles. The molecule has 1 aromatic heterocycles. The highest BCUT2D eigenvalue weighted by molar-refractivity contribution is 5.99. The van der Waals surface area contributed by atoms with Crippen molar-refractivity contribution in [3.63, 3.8) is 0 Å². The van der Waals surface area contributed by atoms with Crippen LogP contribution in [0.2, 0.25) is 0 Å². The molecule has 0 bridgehead atoms. The Morgan fingerprint density at radius 3 is 2.26 bits per heavy atom. The van der Waals surface area contributed by atoms with Crippen molar-refractivity contribution in [2.45, 2.75) is 64.8 Å². The maximum absolute atomic E-state index is 13.2. The molecule has 2 fully saturated rings. The minimum absolute atomic E-state index is 0.0544. The first-order chi connectivity index (χ1) is 16.5. The Morgan fingerprint density at radius 2 is 1.56 bits per heavy atom. The van der Waals surface area contributed by atoms with Crippen molar-refractivity contribution in [2.75, 3.05) is 19.6 Å². The molecule has 1 aliphatic carbocycles. The Balaban J connectivity index is 1.26. The third kappa shape index (κ3) is 4.82. The third-order valence-corrected chi connectivity index (χ3v) is 7.48. The van der Waals surface area contributed by atoms with Crippen molar-refractivity contribution in [1.82, 2.24) is 9.64 Å². The van der Waals surface area contributed by atoms with Gasteiger partial charge in [0.1, 0.15) is 5.39 Å². The lowest BCUT2D eigenvalue weighted by Crippen LogP contribution is -2.37. The van der Waals surface area contributed by atoms with Gasteiger partial charge in [-0.2, -0.15) is 4.74 Å². The number of rotatable bonds is 5. The highest BCUT2D eigenvalue weighted by Gasteiger charge is 2.27. The summed E-state index contributed by atoms with van der Waals surface area (Å²) >= 11 is 0. The molecule has 8 heteroatoms. The van der Waals surface area contributed by atoms with E-state index in [0.29, 0.717) is 23.6 Å². The summed E-state index contributed by atoms with van der Waals surface area (Å²) in [5, 5.41) is 0.124. The molecule has 0 unspecified atom stereocenters. The Hall–Kier alpha value is -2.87. The van der Waals surface area contributed by atoms with Crippen LogP contribution < -0.4 is 15.0 Å². The lowest BCUT2D eigenvalue weighted by molar-refractivity contribution is -0.133.